The lowest BCUT2D eigenvalue weighted by atomic mass is 9.70. The minimum Gasteiger partial charge on any atom is -0.481 e. The lowest BCUT2D eigenvalue weighted by molar-refractivity contribution is -0.141. The quantitative estimate of drug-likeness (QED) is 0.918. The first-order valence-electron chi connectivity index (χ1n) is 7.70. The third-order valence-corrected chi connectivity index (χ3v) is 5.14. The standard InChI is InChI=1S/C17H23NO2/c1-13-8-9-17(12-16(19)20,18-10-4-5-11-18)15-7-3-2-6-14(13)15/h2-3,6-7,13H,4-5,8-12H2,1H3,(H,19,20). The number of likely N-dealkylation sites (tertiary alicyclic amines) is 1. The minimum absolute atomic E-state index is 0.233. The van der Waals surface area contributed by atoms with E-state index in [1.807, 2.05) is 0 Å². The Kier molecular flexibility index (Phi) is 3.55. The van der Waals surface area contributed by atoms with Crippen molar-refractivity contribution < 1.29 is 9.90 Å². The van der Waals surface area contributed by atoms with Gasteiger partial charge in [-0.05, 0) is 55.8 Å². The molecule has 2 atom stereocenters. The molecule has 1 aliphatic carbocycles. The van der Waals surface area contributed by atoms with Gasteiger partial charge in [0.15, 0.2) is 0 Å². The summed E-state index contributed by atoms with van der Waals surface area (Å²) >= 11 is 0. The van der Waals surface area contributed by atoms with Crippen LogP contribution in [0.1, 0.15) is 56.1 Å². The molecule has 20 heavy (non-hydrogen) atoms. The average Bonchev–Trinajstić information content (AvgIpc) is 2.97. The summed E-state index contributed by atoms with van der Waals surface area (Å²) in [4.78, 5) is 13.9. The Balaban J connectivity index is 2.09. The number of aliphatic carboxylic acids is 1. The van der Waals surface area contributed by atoms with Crippen molar-refractivity contribution in [3.63, 3.8) is 0 Å². The number of rotatable bonds is 3. The first-order chi connectivity index (χ1) is 9.63. The minimum atomic E-state index is -0.679. The monoisotopic (exact) mass is 273 g/mol. The van der Waals surface area contributed by atoms with Gasteiger partial charge in [-0.2, -0.15) is 0 Å². The van der Waals surface area contributed by atoms with Crippen LogP contribution >= 0.6 is 0 Å². The molecule has 1 aromatic rings. The fourth-order valence-corrected chi connectivity index (χ4v) is 4.12. The van der Waals surface area contributed by atoms with Crippen LogP contribution < -0.4 is 0 Å². The third kappa shape index (κ3) is 2.14. The molecular formula is C17H23NO2. The van der Waals surface area contributed by atoms with E-state index in [4.69, 9.17) is 0 Å². The van der Waals surface area contributed by atoms with Gasteiger partial charge in [-0.1, -0.05) is 31.2 Å². The van der Waals surface area contributed by atoms with Crippen LogP contribution in [0.4, 0.5) is 0 Å². The molecule has 2 unspecified atom stereocenters. The van der Waals surface area contributed by atoms with Gasteiger partial charge in [-0.3, -0.25) is 9.69 Å². The average molecular weight is 273 g/mol. The fourth-order valence-electron chi connectivity index (χ4n) is 4.12. The molecule has 0 bridgehead atoms. The topological polar surface area (TPSA) is 40.5 Å². The number of hydrogen-bond acceptors (Lipinski definition) is 2. The van der Waals surface area contributed by atoms with Gasteiger partial charge in [-0.15, -0.1) is 0 Å². The first-order valence-corrected chi connectivity index (χ1v) is 7.70. The van der Waals surface area contributed by atoms with Crippen molar-refractivity contribution in [2.24, 2.45) is 0 Å². The van der Waals surface area contributed by atoms with Gasteiger partial charge in [0.2, 0.25) is 0 Å². The van der Waals surface area contributed by atoms with Crippen LogP contribution in [0.15, 0.2) is 24.3 Å². The maximum absolute atomic E-state index is 11.5. The molecule has 0 amide bonds. The number of fused-ring (bicyclic) bond motifs is 1. The number of nitrogens with zero attached hydrogens (tertiary/aromatic N) is 1. The summed E-state index contributed by atoms with van der Waals surface area (Å²) in [5.41, 5.74) is 2.35. The Morgan fingerprint density at radius 3 is 2.75 bits per heavy atom. The highest BCUT2D eigenvalue weighted by Gasteiger charge is 2.45. The van der Waals surface area contributed by atoms with Crippen molar-refractivity contribution >= 4 is 5.97 Å². The summed E-state index contributed by atoms with van der Waals surface area (Å²) in [6.07, 6.45) is 4.67. The lowest BCUT2D eigenvalue weighted by Crippen LogP contribution is -2.48. The van der Waals surface area contributed by atoms with Crippen molar-refractivity contribution in [1.82, 2.24) is 4.90 Å². The molecule has 1 aliphatic heterocycles. The van der Waals surface area contributed by atoms with Crippen LogP contribution in [-0.2, 0) is 10.3 Å². The zero-order valence-corrected chi connectivity index (χ0v) is 12.1. The Morgan fingerprint density at radius 2 is 2.05 bits per heavy atom. The molecule has 0 saturated carbocycles. The van der Waals surface area contributed by atoms with Crippen molar-refractivity contribution in [3.05, 3.63) is 35.4 Å². The molecule has 2 aliphatic rings. The number of benzene rings is 1. The smallest absolute Gasteiger partial charge is 0.305 e. The molecule has 0 radical (unpaired) electrons. The van der Waals surface area contributed by atoms with Crippen molar-refractivity contribution in [2.45, 2.75) is 50.5 Å². The normalized spacial score (nSPS) is 30.1. The second kappa shape index (κ2) is 5.21. The predicted octanol–water partition coefficient (Wildman–Crippen LogP) is 3.35. The van der Waals surface area contributed by atoms with Crippen LogP contribution in [0.3, 0.4) is 0 Å². The fraction of sp³-hybridized carbons (Fsp3) is 0.588. The number of hydrogen-bond donors (Lipinski definition) is 1. The molecule has 0 aromatic heterocycles. The first kappa shape index (κ1) is 13.6. The maximum atomic E-state index is 11.5. The van der Waals surface area contributed by atoms with E-state index in [2.05, 4.69) is 36.1 Å². The van der Waals surface area contributed by atoms with Gasteiger partial charge in [0.1, 0.15) is 0 Å². The van der Waals surface area contributed by atoms with E-state index in [1.54, 1.807) is 0 Å². The van der Waals surface area contributed by atoms with E-state index < -0.39 is 5.97 Å². The molecular weight excluding hydrogens is 250 g/mol. The highest BCUT2D eigenvalue weighted by Crippen LogP contribution is 2.47. The molecule has 3 heteroatoms. The van der Waals surface area contributed by atoms with Crippen molar-refractivity contribution in [2.75, 3.05) is 13.1 Å². The number of carboxylic acid groups (broad SMARTS) is 1. The van der Waals surface area contributed by atoms with E-state index in [1.165, 1.54) is 24.0 Å². The molecule has 108 valence electrons. The lowest BCUT2D eigenvalue weighted by Gasteiger charge is -2.46. The summed E-state index contributed by atoms with van der Waals surface area (Å²) < 4.78 is 0. The molecule has 1 N–H and O–H groups in total. The summed E-state index contributed by atoms with van der Waals surface area (Å²) in [6.45, 7) is 4.33. The summed E-state index contributed by atoms with van der Waals surface area (Å²) in [6, 6.07) is 8.48. The number of carboxylic acids is 1. The van der Waals surface area contributed by atoms with Crippen LogP contribution in [-0.4, -0.2) is 29.1 Å². The Labute approximate surface area is 120 Å². The Hall–Kier alpha value is -1.35. The molecule has 1 fully saturated rings. The second-order valence-electron chi connectivity index (χ2n) is 6.32. The second-order valence-corrected chi connectivity index (χ2v) is 6.32. The van der Waals surface area contributed by atoms with E-state index in [0.29, 0.717) is 5.92 Å². The number of carbonyl (C=O) groups is 1. The molecule has 3 nitrogen and oxygen atoms in total. The van der Waals surface area contributed by atoms with Crippen molar-refractivity contribution in [3.8, 4) is 0 Å². The van der Waals surface area contributed by atoms with Gasteiger partial charge < -0.3 is 5.11 Å². The predicted molar refractivity (Wildman–Crippen MR) is 78.8 cm³/mol. The highest BCUT2D eigenvalue weighted by atomic mass is 16.4. The molecule has 1 heterocycles. The van der Waals surface area contributed by atoms with Gasteiger partial charge in [0.25, 0.3) is 0 Å². The molecule has 1 aromatic carbocycles. The summed E-state index contributed by atoms with van der Waals surface area (Å²) in [7, 11) is 0. The third-order valence-electron chi connectivity index (χ3n) is 5.14. The van der Waals surface area contributed by atoms with E-state index >= 15 is 0 Å². The zero-order chi connectivity index (χ0) is 14.2. The summed E-state index contributed by atoms with van der Waals surface area (Å²) in [5.74, 6) is -0.142. The van der Waals surface area contributed by atoms with Gasteiger partial charge >= 0.3 is 5.97 Å². The van der Waals surface area contributed by atoms with Gasteiger partial charge in [0, 0.05) is 0 Å². The van der Waals surface area contributed by atoms with Crippen LogP contribution in [0.2, 0.25) is 0 Å². The Bertz CT molecular complexity index is 507. The van der Waals surface area contributed by atoms with Crippen LogP contribution in [0.5, 0.6) is 0 Å². The molecule has 0 spiro atoms. The molecule has 3 rings (SSSR count). The van der Waals surface area contributed by atoms with Crippen LogP contribution in [0.25, 0.3) is 0 Å². The maximum Gasteiger partial charge on any atom is 0.305 e. The van der Waals surface area contributed by atoms with E-state index in [9.17, 15) is 9.90 Å². The van der Waals surface area contributed by atoms with Gasteiger partial charge in [-0.25, -0.2) is 0 Å². The molecule has 1 saturated heterocycles. The highest BCUT2D eigenvalue weighted by molar-refractivity contribution is 5.69. The van der Waals surface area contributed by atoms with Crippen LogP contribution in [0, 0.1) is 0 Å². The van der Waals surface area contributed by atoms with Gasteiger partial charge in [0.05, 0.1) is 12.0 Å². The summed E-state index contributed by atoms with van der Waals surface area (Å²) in [5, 5.41) is 9.46. The van der Waals surface area contributed by atoms with Crippen molar-refractivity contribution in [1.29, 1.82) is 0 Å². The Morgan fingerprint density at radius 1 is 1.35 bits per heavy atom. The zero-order valence-electron chi connectivity index (χ0n) is 12.1. The van der Waals surface area contributed by atoms with E-state index in [0.717, 1.165) is 25.9 Å². The largest absolute Gasteiger partial charge is 0.481 e. The SMILES string of the molecule is CC1CCC(CC(=O)O)(N2CCCC2)c2ccccc21. The van der Waals surface area contributed by atoms with E-state index in [-0.39, 0.29) is 12.0 Å².